The van der Waals surface area contributed by atoms with E-state index < -0.39 is 5.97 Å². The lowest BCUT2D eigenvalue weighted by molar-refractivity contribution is 0.0696. The predicted molar refractivity (Wildman–Crippen MR) is 79.2 cm³/mol. The molecule has 0 saturated carbocycles. The van der Waals surface area contributed by atoms with Crippen molar-refractivity contribution in [2.75, 3.05) is 11.9 Å². The summed E-state index contributed by atoms with van der Waals surface area (Å²) < 4.78 is 0. The quantitative estimate of drug-likeness (QED) is 0.927. The minimum atomic E-state index is -0.942. The summed E-state index contributed by atoms with van der Waals surface area (Å²) in [7, 11) is 1.86. The van der Waals surface area contributed by atoms with Gasteiger partial charge in [-0.1, -0.05) is 24.3 Å². The first-order valence-corrected chi connectivity index (χ1v) is 6.45. The van der Waals surface area contributed by atoms with Crippen LogP contribution in [-0.4, -0.2) is 23.1 Å². The number of hydrogen-bond acceptors (Lipinski definition) is 3. The fraction of sp³-hybridized carbons (Fsp3) is 0.250. The molecule has 0 unspecified atom stereocenters. The molecule has 0 atom stereocenters. The number of rotatable bonds is 4. The highest BCUT2D eigenvalue weighted by Crippen LogP contribution is 2.22. The molecule has 1 aromatic heterocycles. The lowest BCUT2D eigenvalue weighted by Gasteiger charge is -2.21. The topological polar surface area (TPSA) is 53.4 Å². The molecule has 1 N–H and O–H groups in total. The number of carbonyl (C=O) groups is 1. The lowest BCUT2D eigenvalue weighted by atomic mass is 10.1. The third kappa shape index (κ3) is 2.79. The average Bonchev–Trinajstić information content (AvgIpc) is 2.40. The van der Waals surface area contributed by atoms with Gasteiger partial charge in [0.1, 0.15) is 11.4 Å². The van der Waals surface area contributed by atoms with Crippen molar-refractivity contribution in [2.45, 2.75) is 20.4 Å². The van der Waals surface area contributed by atoms with Gasteiger partial charge in [-0.05, 0) is 36.6 Å². The van der Waals surface area contributed by atoms with E-state index in [0.717, 1.165) is 11.1 Å². The molecule has 0 radical (unpaired) electrons. The number of aromatic carboxylic acids is 1. The number of pyridine rings is 1. The first kappa shape index (κ1) is 14.1. The fourth-order valence-electron chi connectivity index (χ4n) is 2.22. The molecule has 0 aliphatic rings. The highest BCUT2D eigenvalue weighted by molar-refractivity contribution is 5.94. The third-order valence-corrected chi connectivity index (χ3v) is 3.38. The number of carboxylic acids is 1. The van der Waals surface area contributed by atoms with Gasteiger partial charge in [0.05, 0.1) is 0 Å². The van der Waals surface area contributed by atoms with E-state index in [1.165, 1.54) is 5.56 Å². The summed E-state index contributed by atoms with van der Waals surface area (Å²) in [6.07, 6.45) is 1.64. The molecule has 0 bridgehead atoms. The predicted octanol–water partition coefficient (Wildman–Crippen LogP) is 3.03. The van der Waals surface area contributed by atoms with Crippen molar-refractivity contribution in [2.24, 2.45) is 0 Å². The number of nitrogens with zero attached hydrogens (tertiary/aromatic N) is 2. The van der Waals surface area contributed by atoms with E-state index in [0.29, 0.717) is 12.4 Å². The van der Waals surface area contributed by atoms with Crippen molar-refractivity contribution in [1.82, 2.24) is 4.98 Å². The maximum atomic E-state index is 11.4. The van der Waals surface area contributed by atoms with Crippen LogP contribution in [0.4, 0.5) is 5.82 Å². The minimum Gasteiger partial charge on any atom is -0.478 e. The molecule has 4 heteroatoms. The highest BCUT2D eigenvalue weighted by atomic mass is 16.4. The van der Waals surface area contributed by atoms with Gasteiger partial charge < -0.3 is 10.0 Å². The monoisotopic (exact) mass is 270 g/mol. The van der Waals surface area contributed by atoms with Crippen LogP contribution in [-0.2, 0) is 6.54 Å². The smallest absolute Gasteiger partial charge is 0.339 e. The van der Waals surface area contributed by atoms with Crippen molar-refractivity contribution >= 4 is 11.8 Å². The molecule has 0 aliphatic carbocycles. The van der Waals surface area contributed by atoms with Crippen LogP contribution in [0.3, 0.4) is 0 Å². The Labute approximate surface area is 118 Å². The molecule has 20 heavy (non-hydrogen) atoms. The standard InChI is InChI=1S/C16H18N2O2/c1-11-6-4-5-7-13(11)10-18(3)15-14(16(19)20)12(2)8-9-17-15/h4-9H,10H2,1-3H3,(H,19,20). The molecule has 4 nitrogen and oxygen atoms in total. The second kappa shape index (κ2) is 5.74. The zero-order valence-electron chi connectivity index (χ0n) is 11.9. The molecular formula is C16H18N2O2. The Balaban J connectivity index is 2.35. The SMILES string of the molecule is Cc1ccccc1CN(C)c1nccc(C)c1C(=O)O. The van der Waals surface area contributed by atoms with E-state index in [-0.39, 0.29) is 5.56 Å². The largest absolute Gasteiger partial charge is 0.478 e. The summed E-state index contributed by atoms with van der Waals surface area (Å²) in [6.45, 7) is 4.46. The average molecular weight is 270 g/mol. The first-order valence-electron chi connectivity index (χ1n) is 6.45. The summed E-state index contributed by atoms with van der Waals surface area (Å²) in [5.74, 6) is -0.442. The van der Waals surface area contributed by atoms with E-state index in [4.69, 9.17) is 0 Å². The normalized spacial score (nSPS) is 10.3. The molecule has 0 spiro atoms. The zero-order valence-corrected chi connectivity index (χ0v) is 11.9. The summed E-state index contributed by atoms with van der Waals surface area (Å²) in [5, 5.41) is 9.35. The van der Waals surface area contributed by atoms with Gasteiger partial charge >= 0.3 is 5.97 Å². The Hall–Kier alpha value is -2.36. The number of aromatic nitrogens is 1. The zero-order chi connectivity index (χ0) is 14.7. The molecule has 0 saturated heterocycles. The Morgan fingerprint density at radius 2 is 1.90 bits per heavy atom. The summed E-state index contributed by atoms with van der Waals surface area (Å²) in [6, 6.07) is 9.78. The van der Waals surface area contributed by atoms with Crippen molar-refractivity contribution in [3.8, 4) is 0 Å². The fourth-order valence-corrected chi connectivity index (χ4v) is 2.22. The van der Waals surface area contributed by atoms with Crippen molar-refractivity contribution in [1.29, 1.82) is 0 Å². The molecule has 0 amide bonds. The molecule has 2 aromatic rings. The first-order chi connectivity index (χ1) is 9.50. The van der Waals surface area contributed by atoms with Crippen LogP contribution in [0.1, 0.15) is 27.0 Å². The maximum Gasteiger partial charge on any atom is 0.339 e. The summed E-state index contributed by atoms with van der Waals surface area (Å²) >= 11 is 0. The van der Waals surface area contributed by atoms with E-state index in [9.17, 15) is 9.90 Å². The van der Waals surface area contributed by atoms with Gasteiger partial charge in [0, 0.05) is 19.8 Å². The molecule has 0 fully saturated rings. The van der Waals surface area contributed by atoms with E-state index in [1.54, 1.807) is 19.2 Å². The molecule has 0 aliphatic heterocycles. The van der Waals surface area contributed by atoms with Gasteiger partial charge in [-0.3, -0.25) is 0 Å². The molecule has 1 heterocycles. The Kier molecular flexibility index (Phi) is 4.03. The minimum absolute atomic E-state index is 0.267. The molecule has 104 valence electrons. The van der Waals surface area contributed by atoms with Crippen LogP contribution in [0.5, 0.6) is 0 Å². The number of anilines is 1. The highest BCUT2D eigenvalue weighted by Gasteiger charge is 2.17. The van der Waals surface area contributed by atoms with E-state index in [2.05, 4.69) is 4.98 Å². The van der Waals surface area contributed by atoms with Crippen LogP contribution in [0.15, 0.2) is 36.5 Å². The van der Waals surface area contributed by atoms with Gasteiger partial charge in [0.25, 0.3) is 0 Å². The number of carboxylic acid groups (broad SMARTS) is 1. The second-order valence-electron chi connectivity index (χ2n) is 4.91. The van der Waals surface area contributed by atoms with Gasteiger partial charge in [-0.15, -0.1) is 0 Å². The van der Waals surface area contributed by atoms with Gasteiger partial charge in [-0.25, -0.2) is 9.78 Å². The van der Waals surface area contributed by atoms with Crippen LogP contribution in [0, 0.1) is 13.8 Å². The van der Waals surface area contributed by atoms with Crippen molar-refractivity contribution in [3.63, 3.8) is 0 Å². The molecule has 2 rings (SSSR count). The second-order valence-corrected chi connectivity index (χ2v) is 4.91. The molecular weight excluding hydrogens is 252 g/mol. The maximum absolute atomic E-state index is 11.4. The summed E-state index contributed by atoms with van der Waals surface area (Å²) in [4.78, 5) is 17.5. The van der Waals surface area contributed by atoms with Crippen LogP contribution >= 0.6 is 0 Å². The van der Waals surface area contributed by atoms with Gasteiger partial charge in [0.15, 0.2) is 0 Å². The summed E-state index contributed by atoms with van der Waals surface area (Å²) in [5.41, 5.74) is 3.33. The van der Waals surface area contributed by atoms with Crippen LogP contribution < -0.4 is 4.90 Å². The van der Waals surface area contributed by atoms with Gasteiger partial charge in [-0.2, -0.15) is 0 Å². The number of aryl methyl sites for hydroxylation is 2. The van der Waals surface area contributed by atoms with Crippen molar-refractivity contribution in [3.05, 3.63) is 58.8 Å². The van der Waals surface area contributed by atoms with Gasteiger partial charge in [0.2, 0.25) is 0 Å². The van der Waals surface area contributed by atoms with Crippen molar-refractivity contribution < 1.29 is 9.90 Å². The van der Waals surface area contributed by atoms with Crippen LogP contribution in [0.2, 0.25) is 0 Å². The third-order valence-electron chi connectivity index (χ3n) is 3.38. The number of hydrogen-bond donors (Lipinski definition) is 1. The van der Waals surface area contributed by atoms with E-state index >= 15 is 0 Å². The van der Waals surface area contributed by atoms with E-state index in [1.807, 2.05) is 43.1 Å². The van der Waals surface area contributed by atoms with Crippen LogP contribution in [0.25, 0.3) is 0 Å². The Morgan fingerprint density at radius 3 is 2.55 bits per heavy atom. The Morgan fingerprint density at radius 1 is 1.20 bits per heavy atom. The molecule has 1 aromatic carbocycles. The number of benzene rings is 1. The Bertz CT molecular complexity index is 638. The lowest BCUT2D eigenvalue weighted by Crippen LogP contribution is -2.22.